The van der Waals surface area contributed by atoms with Crippen molar-refractivity contribution in [2.24, 2.45) is 0 Å². The molecule has 0 aliphatic heterocycles. The fourth-order valence-corrected chi connectivity index (χ4v) is 3.21. The molecule has 0 bridgehead atoms. The third kappa shape index (κ3) is 3.47. The number of halogens is 1. The van der Waals surface area contributed by atoms with Crippen molar-refractivity contribution in [1.82, 2.24) is 15.2 Å². The summed E-state index contributed by atoms with van der Waals surface area (Å²) in [6, 6.07) is 8.71. The van der Waals surface area contributed by atoms with E-state index in [-0.39, 0.29) is 11.9 Å². The lowest BCUT2D eigenvalue weighted by Gasteiger charge is -2.21. The number of aromatic amines is 1. The molecular weight excluding hydrogens is 319 g/mol. The molecule has 3 aromatic rings. The number of pyridine rings is 1. The number of nitrogens with zero attached hydrogens (tertiary/aromatic N) is 2. The molecule has 0 amide bonds. The van der Waals surface area contributed by atoms with Gasteiger partial charge in [0.1, 0.15) is 11.9 Å². The van der Waals surface area contributed by atoms with E-state index in [1.165, 1.54) is 6.07 Å². The van der Waals surface area contributed by atoms with Gasteiger partial charge in [-0.3, -0.25) is 5.10 Å². The monoisotopic (exact) mass is 338 g/mol. The van der Waals surface area contributed by atoms with Crippen LogP contribution in [0.3, 0.4) is 0 Å². The zero-order valence-corrected chi connectivity index (χ0v) is 13.7. The second-order valence-corrected chi connectivity index (χ2v) is 6.16. The van der Waals surface area contributed by atoms with E-state index in [2.05, 4.69) is 20.5 Å². The molecule has 2 heterocycles. The van der Waals surface area contributed by atoms with E-state index < -0.39 is 0 Å². The van der Waals surface area contributed by atoms with Gasteiger partial charge in [-0.15, -0.1) is 0 Å². The van der Waals surface area contributed by atoms with Crippen LogP contribution >= 0.6 is 0 Å². The average molecular weight is 338 g/mol. The number of nitrogens with one attached hydrogen (secondary N) is 2. The Morgan fingerprint density at radius 2 is 2.20 bits per heavy atom. The van der Waals surface area contributed by atoms with Gasteiger partial charge in [0.15, 0.2) is 11.6 Å². The van der Waals surface area contributed by atoms with E-state index in [1.807, 2.05) is 18.2 Å². The number of rotatable bonds is 4. The Morgan fingerprint density at radius 3 is 3.08 bits per heavy atom. The van der Waals surface area contributed by atoms with Gasteiger partial charge >= 0.3 is 0 Å². The summed E-state index contributed by atoms with van der Waals surface area (Å²) >= 11 is 0. The van der Waals surface area contributed by atoms with Crippen LogP contribution in [0.15, 0.2) is 48.9 Å². The Balaban J connectivity index is 1.63. The predicted octanol–water partition coefficient (Wildman–Crippen LogP) is 4.53. The van der Waals surface area contributed by atoms with Gasteiger partial charge in [-0.05, 0) is 61.1 Å². The fourth-order valence-electron chi connectivity index (χ4n) is 3.21. The second-order valence-electron chi connectivity index (χ2n) is 6.16. The van der Waals surface area contributed by atoms with Crippen LogP contribution in [-0.4, -0.2) is 15.2 Å². The molecule has 1 aromatic carbocycles. The minimum absolute atomic E-state index is 0.178. The maximum absolute atomic E-state index is 13.8. The van der Waals surface area contributed by atoms with E-state index in [0.29, 0.717) is 11.6 Å². The highest BCUT2D eigenvalue weighted by Crippen LogP contribution is 2.35. The molecule has 4 rings (SSSR count). The first-order chi connectivity index (χ1) is 12.3. The standard InChI is InChI=1S/C19H19FN4O/c20-14-8-7-13-4-1-2-5-17(16(13)10-14)25-18-6-3-9-21-19(18)24-15-11-22-23-12-15/h3,6-12,17H,1-2,4-5H2,(H,21,24)(H,22,23). The highest BCUT2D eigenvalue weighted by molar-refractivity contribution is 5.60. The van der Waals surface area contributed by atoms with Crippen molar-refractivity contribution in [3.05, 3.63) is 65.9 Å². The number of H-pyrrole nitrogens is 1. The van der Waals surface area contributed by atoms with Crippen molar-refractivity contribution >= 4 is 11.5 Å². The number of ether oxygens (including phenoxy) is 1. The summed E-state index contributed by atoms with van der Waals surface area (Å²) < 4.78 is 20.1. The second kappa shape index (κ2) is 6.93. The van der Waals surface area contributed by atoms with E-state index in [9.17, 15) is 4.39 Å². The fraction of sp³-hybridized carbons (Fsp3) is 0.263. The van der Waals surface area contributed by atoms with Crippen molar-refractivity contribution in [2.75, 3.05) is 5.32 Å². The van der Waals surface area contributed by atoms with Gasteiger partial charge in [0.2, 0.25) is 0 Å². The molecule has 0 saturated carbocycles. The van der Waals surface area contributed by atoms with Crippen molar-refractivity contribution in [3.8, 4) is 5.75 Å². The zero-order valence-electron chi connectivity index (χ0n) is 13.7. The molecule has 6 heteroatoms. The Kier molecular flexibility index (Phi) is 4.33. The van der Waals surface area contributed by atoms with Crippen LogP contribution in [0.5, 0.6) is 5.75 Å². The lowest BCUT2D eigenvalue weighted by molar-refractivity contribution is 0.194. The maximum atomic E-state index is 13.8. The van der Waals surface area contributed by atoms with Crippen LogP contribution in [0.4, 0.5) is 15.9 Å². The molecule has 2 N–H and O–H groups in total. The number of hydrogen-bond donors (Lipinski definition) is 2. The Labute approximate surface area is 145 Å². The number of aromatic nitrogens is 3. The maximum Gasteiger partial charge on any atom is 0.173 e. The third-order valence-electron chi connectivity index (χ3n) is 4.42. The topological polar surface area (TPSA) is 62.8 Å². The molecule has 5 nitrogen and oxygen atoms in total. The molecule has 0 saturated heterocycles. The third-order valence-corrected chi connectivity index (χ3v) is 4.42. The first kappa shape index (κ1) is 15.6. The number of fused-ring (bicyclic) bond motifs is 1. The lowest BCUT2D eigenvalue weighted by Crippen LogP contribution is -2.10. The molecule has 1 atom stereocenters. The molecule has 1 aliphatic carbocycles. The van der Waals surface area contributed by atoms with Gasteiger partial charge in [-0.25, -0.2) is 9.37 Å². The molecule has 1 aliphatic rings. The Bertz CT molecular complexity index is 850. The minimum atomic E-state index is -0.225. The number of anilines is 2. The van der Waals surface area contributed by atoms with Crippen LogP contribution < -0.4 is 10.1 Å². The summed E-state index contributed by atoms with van der Waals surface area (Å²) in [6.07, 6.45) is 8.90. The Hall–Kier alpha value is -2.89. The summed E-state index contributed by atoms with van der Waals surface area (Å²) in [5.74, 6) is 1.04. The van der Waals surface area contributed by atoms with Gasteiger partial charge in [-0.2, -0.15) is 5.10 Å². The number of aryl methyl sites for hydroxylation is 1. The average Bonchev–Trinajstić information content (AvgIpc) is 3.05. The quantitative estimate of drug-likeness (QED) is 0.686. The Morgan fingerprint density at radius 1 is 1.24 bits per heavy atom. The van der Waals surface area contributed by atoms with Gasteiger partial charge < -0.3 is 10.1 Å². The molecule has 0 spiro atoms. The number of benzene rings is 1. The highest BCUT2D eigenvalue weighted by Gasteiger charge is 2.22. The minimum Gasteiger partial charge on any atom is -0.482 e. The van der Waals surface area contributed by atoms with E-state index in [1.54, 1.807) is 24.7 Å². The van der Waals surface area contributed by atoms with Crippen molar-refractivity contribution in [3.63, 3.8) is 0 Å². The summed E-state index contributed by atoms with van der Waals surface area (Å²) in [5, 5.41) is 9.86. The van der Waals surface area contributed by atoms with Crippen LogP contribution in [0.25, 0.3) is 0 Å². The SMILES string of the molecule is Fc1ccc2c(c1)C(Oc1cccnc1Nc1cn[nH]c1)CCCC2. The van der Waals surface area contributed by atoms with Crippen LogP contribution in [0.1, 0.15) is 36.5 Å². The molecule has 2 aromatic heterocycles. The first-order valence-corrected chi connectivity index (χ1v) is 8.45. The van der Waals surface area contributed by atoms with E-state index in [4.69, 9.17) is 4.74 Å². The van der Waals surface area contributed by atoms with Crippen LogP contribution in [0, 0.1) is 5.82 Å². The van der Waals surface area contributed by atoms with Crippen LogP contribution in [-0.2, 0) is 6.42 Å². The molecule has 1 unspecified atom stereocenters. The first-order valence-electron chi connectivity index (χ1n) is 8.45. The largest absolute Gasteiger partial charge is 0.482 e. The smallest absolute Gasteiger partial charge is 0.173 e. The molecular formula is C19H19FN4O. The summed E-state index contributed by atoms with van der Waals surface area (Å²) in [6.45, 7) is 0. The summed E-state index contributed by atoms with van der Waals surface area (Å²) in [4.78, 5) is 4.36. The lowest BCUT2D eigenvalue weighted by atomic mass is 10.0. The summed E-state index contributed by atoms with van der Waals surface area (Å²) in [7, 11) is 0. The molecule has 0 radical (unpaired) electrons. The highest BCUT2D eigenvalue weighted by atomic mass is 19.1. The van der Waals surface area contributed by atoms with Crippen molar-refractivity contribution in [2.45, 2.75) is 31.8 Å². The normalized spacial score (nSPS) is 16.8. The molecule has 25 heavy (non-hydrogen) atoms. The summed E-state index contributed by atoms with van der Waals surface area (Å²) in [5.41, 5.74) is 2.91. The van der Waals surface area contributed by atoms with Crippen molar-refractivity contribution < 1.29 is 9.13 Å². The number of hydrogen-bond acceptors (Lipinski definition) is 4. The van der Waals surface area contributed by atoms with Gasteiger partial charge in [0, 0.05) is 12.4 Å². The van der Waals surface area contributed by atoms with Gasteiger partial charge in [0.05, 0.1) is 11.9 Å². The van der Waals surface area contributed by atoms with Gasteiger partial charge in [0.25, 0.3) is 0 Å². The van der Waals surface area contributed by atoms with Crippen LogP contribution in [0.2, 0.25) is 0 Å². The van der Waals surface area contributed by atoms with Gasteiger partial charge in [-0.1, -0.05) is 6.07 Å². The molecule has 0 fully saturated rings. The zero-order chi connectivity index (χ0) is 17.1. The predicted molar refractivity (Wildman–Crippen MR) is 93.4 cm³/mol. The van der Waals surface area contributed by atoms with Crippen molar-refractivity contribution in [1.29, 1.82) is 0 Å². The molecule has 128 valence electrons. The van der Waals surface area contributed by atoms with E-state index >= 15 is 0 Å². The van der Waals surface area contributed by atoms with E-state index in [0.717, 1.165) is 42.5 Å².